The van der Waals surface area contributed by atoms with Crippen molar-refractivity contribution in [3.63, 3.8) is 0 Å². The summed E-state index contributed by atoms with van der Waals surface area (Å²) in [5.41, 5.74) is 1.21. The molecule has 0 bridgehead atoms. The molecule has 86 valence electrons. The van der Waals surface area contributed by atoms with Crippen molar-refractivity contribution in [3.8, 4) is 17.7 Å². The maximum atomic E-state index is 8.72. The lowest BCUT2D eigenvalue weighted by Gasteiger charge is -1.97. The molecule has 0 radical (unpaired) electrons. The summed E-state index contributed by atoms with van der Waals surface area (Å²) in [6, 6.07) is 3.72. The highest BCUT2D eigenvalue weighted by Gasteiger charge is 2.23. The van der Waals surface area contributed by atoms with Gasteiger partial charge in [-0.1, -0.05) is 5.16 Å². The number of aromatic amines is 1. The van der Waals surface area contributed by atoms with Crippen LogP contribution in [0.2, 0.25) is 0 Å². The highest BCUT2D eigenvalue weighted by Crippen LogP contribution is 2.25. The number of nitrogens with zero attached hydrogens (tertiary/aromatic N) is 3. The largest absolute Gasteiger partial charge is 0.381 e. The average Bonchev–Trinajstić information content (AvgIpc) is 3.09. The van der Waals surface area contributed by atoms with E-state index in [4.69, 9.17) is 14.5 Å². The molecule has 1 unspecified atom stereocenters. The molecule has 0 aliphatic carbocycles. The summed E-state index contributed by atoms with van der Waals surface area (Å²) in [5, 5.41) is 12.7. The Balaban J connectivity index is 1.86. The number of hydrogen-bond acceptors (Lipinski definition) is 5. The smallest absolute Gasteiger partial charge is 0.274 e. The Morgan fingerprint density at radius 3 is 3.18 bits per heavy atom. The molecule has 1 N–H and O–H groups in total. The first-order valence-corrected chi connectivity index (χ1v) is 5.37. The Morgan fingerprint density at radius 1 is 1.53 bits per heavy atom. The van der Waals surface area contributed by atoms with Crippen LogP contribution in [-0.2, 0) is 4.74 Å². The van der Waals surface area contributed by atoms with E-state index in [-0.39, 0.29) is 5.92 Å². The van der Waals surface area contributed by atoms with Crippen molar-refractivity contribution in [1.82, 2.24) is 15.1 Å². The van der Waals surface area contributed by atoms with Crippen LogP contribution in [0.5, 0.6) is 0 Å². The van der Waals surface area contributed by atoms with E-state index in [1.807, 2.05) is 6.07 Å². The van der Waals surface area contributed by atoms with E-state index in [9.17, 15) is 0 Å². The van der Waals surface area contributed by atoms with Crippen molar-refractivity contribution in [2.75, 3.05) is 13.2 Å². The Kier molecular flexibility index (Phi) is 2.38. The van der Waals surface area contributed by atoms with Crippen molar-refractivity contribution in [2.45, 2.75) is 12.3 Å². The average molecular weight is 230 g/mol. The molecule has 2 aromatic rings. The topological polar surface area (TPSA) is 87.7 Å². The third kappa shape index (κ3) is 1.81. The van der Waals surface area contributed by atoms with Gasteiger partial charge in [-0.25, -0.2) is 0 Å². The van der Waals surface area contributed by atoms with Gasteiger partial charge in [-0.05, 0) is 12.5 Å². The van der Waals surface area contributed by atoms with Crippen LogP contribution in [0, 0.1) is 11.3 Å². The van der Waals surface area contributed by atoms with E-state index in [1.165, 1.54) is 0 Å². The molecular formula is C11H10N4O2. The molecule has 6 nitrogen and oxygen atoms in total. The summed E-state index contributed by atoms with van der Waals surface area (Å²) >= 11 is 0. The Morgan fingerprint density at radius 2 is 2.47 bits per heavy atom. The number of nitrogens with one attached hydrogen (secondary N) is 1. The second kappa shape index (κ2) is 4.03. The van der Waals surface area contributed by atoms with Gasteiger partial charge in [0.15, 0.2) is 5.82 Å². The van der Waals surface area contributed by atoms with E-state index < -0.39 is 0 Å². The standard InChI is InChI=1S/C11H10N4O2/c12-4-7-3-9(13-5-7)11-14-10(15-17-11)8-1-2-16-6-8/h3,5,8,13H,1-2,6H2. The first-order chi connectivity index (χ1) is 8.36. The van der Waals surface area contributed by atoms with Gasteiger partial charge in [0.1, 0.15) is 11.8 Å². The highest BCUT2D eigenvalue weighted by atomic mass is 16.5. The van der Waals surface area contributed by atoms with Gasteiger partial charge in [0.05, 0.1) is 12.2 Å². The third-order valence-corrected chi connectivity index (χ3v) is 2.78. The molecule has 1 atom stereocenters. The maximum absolute atomic E-state index is 8.72. The molecule has 6 heteroatoms. The van der Waals surface area contributed by atoms with Crippen LogP contribution in [0.1, 0.15) is 23.7 Å². The molecule has 2 aromatic heterocycles. The fourth-order valence-corrected chi connectivity index (χ4v) is 1.83. The van der Waals surface area contributed by atoms with Gasteiger partial charge in [0, 0.05) is 18.7 Å². The minimum atomic E-state index is 0.220. The van der Waals surface area contributed by atoms with Gasteiger partial charge < -0.3 is 14.2 Å². The SMILES string of the molecule is N#Cc1c[nH]c(-c2nc(C3CCOC3)no2)c1. The predicted octanol–water partition coefficient (Wildman–Crippen LogP) is 1.44. The van der Waals surface area contributed by atoms with Gasteiger partial charge in [-0.2, -0.15) is 10.2 Å². The van der Waals surface area contributed by atoms with Gasteiger partial charge in [-0.15, -0.1) is 0 Å². The summed E-state index contributed by atoms with van der Waals surface area (Å²) < 4.78 is 10.4. The zero-order valence-corrected chi connectivity index (χ0v) is 9.01. The van der Waals surface area contributed by atoms with E-state index in [0.717, 1.165) is 13.0 Å². The lowest BCUT2D eigenvalue weighted by molar-refractivity contribution is 0.192. The van der Waals surface area contributed by atoms with E-state index in [2.05, 4.69) is 15.1 Å². The number of nitriles is 1. The van der Waals surface area contributed by atoms with Crippen molar-refractivity contribution in [3.05, 3.63) is 23.7 Å². The normalized spacial score (nSPS) is 19.4. The first-order valence-electron chi connectivity index (χ1n) is 5.37. The van der Waals surface area contributed by atoms with E-state index >= 15 is 0 Å². The van der Waals surface area contributed by atoms with Crippen LogP contribution in [0.25, 0.3) is 11.6 Å². The second-order valence-corrected chi connectivity index (χ2v) is 3.93. The Bertz CT molecular complexity index is 560. The number of H-pyrrole nitrogens is 1. The molecule has 0 spiro atoms. The lowest BCUT2D eigenvalue weighted by Crippen LogP contribution is -1.99. The van der Waals surface area contributed by atoms with Gasteiger partial charge in [0.25, 0.3) is 5.89 Å². The van der Waals surface area contributed by atoms with Crippen LogP contribution in [0.15, 0.2) is 16.8 Å². The first kappa shape index (κ1) is 10.1. The van der Waals surface area contributed by atoms with Crippen LogP contribution in [-0.4, -0.2) is 28.3 Å². The van der Waals surface area contributed by atoms with Crippen LogP contribution in [0.3, 0.4) is 0 Å². The van der Waals surface area contributed by atoms with Crippen molar-refractivity contribution in [1.29, 1.82) is 5.26 Å². The minimum absolute atomic E-state index is 0.220. The third-order valence-electron chi connectivity index (χ3n) is 2.78. The van der Waals surface area contributed by atoms with Crippen LogP contribution >= 0.6 is 0 Å². The molecule has 17 heavy (non-hydrogen) atoms. The molecular weight excluding hydrogens is 220 g/mol. The minimum Gasteiger partial charge on any atom is -0.381 e. The van der Waals surface area contributed by atoms with Crippen LogP contribution in [0.4, 0.5) is 0 Å². The Labute approximate surface area is 97.2 Å². The predicted molar refractivity (Wildman–Crippen MR) is 57.0 cm³/mol. The van der Waals surface area contributed by atoms with Crippen molar-refractivity contribution in [2.24, 2.45) is 0 Å². The van der Waals surface area contributed by atoms with Crippen LogP contribution < -0.4 is 0 Å². The molecule has 1 aliphatic rings. The molecule has 0 amide bonds. The van der Waals surface area contributed by atoms with Crippen molar-refractivity contribution >= 4 is 0 Å². The van der Waals surface area contributed by atoms with Gasteiger partial charge in [-0.3, -0.25) is 0 Å². The quantitative estimate of drug-likeness (QED) is 0.843. The molecule has 1 aliphatic heterocycles. The number of hydrogen-bond donors (Lipinski definition) is 1. The van der Waals surface area contributed by atoms with E-state index in [1.54, 1.807) is 12.3 Å². The monoisotopic (exact) mass is 230 g/mol. The molecule has 1 fully saturated rings. The second-order valence-electron chi connectivity index (χ2n) is 3.93. The zero-order valence-electron chi connectivity index (χ0n) is 9.01. The number of aromatic nitrogens is 3. The molecule has 0 saturated carbocycles. The molecule has 0 aromatic carbocycles. The lowest BCUT2D eigenvalue weighted by atomic mass is 10.1. The summed E-state index contributed by atoms with van der Waals surface area (Å²) in [5.74, 6) is 1.30. The van der Waals surface area contributed by atoms with E-state index in [0.29, 0.717) is 29.6 Å². The molecule has 1 saturated heterocycles. The number of rotatable bonds is 2. The Hall–Kier alpha value is -2.13. The highest BCUT2D eigenvalue weighted by molar-refractivity contribution is 5.51. The molecule has 3 heterocycles. The van der Waals surface area contributed by atoms with Gasteiger partial charge in [0.2, 0.25) is 0 Å². The van der Waals surface area contributed by atoms with Crippen molar-refractivity contribution < 1.29 is 9.26 Å². The summed E-state index contributed by atoms with van der Waals surface area (Å²) in [7, 11) is 0. The number of ether oxygens (including phenoxy) is 1. The summed E-state index contributed by atoms with van der Waals surface area (Å²) in [6.07, 6.45) is 2.53. The fraction of sp³-hybridized carbons (Fsp3) is 0.364. The zero-order chi connectivity index (χ0) is 11.7. The summed E-state index contributed by atoms with van der Waals surface area (Å²) in [6.45, 7) is 1.39. The molecule has 3 rings (SSSR count). The summed E-state index contributed by atoms with van der Waals surface area (Å²) in [4.78, 5) is 7.24. The van der Waals surface area contributed by atoms with Gasteiger partial charge >= 0.3 is 0 Å². The maximum Gasteiger partial charge on any atom is 0.274 e. The fourth-order valence-electron chi connectivity index (χ4n) is 1.83.